The maximum absolute atomic E-state index is 10.3. The van der Waals surface area contributed by atoms with Gasteiger partial charge in [-0.05, 0) is 44.0 Å². The molecular formula is C19H21ClN2O2S2. The van der Waals surface area contributed by atoms with Crippen LogP contribution in [-0.4, -0.2) is 33.5 Å². The van der Waals surface area contributed by atoms with Gasteiger partial charge in [-0.3, -0.25) is 0 Å². The third kappa shape index (κ3) is 4.56. The lowest BCUT2D eigenvalue weighted by atomic mass is 10.1. The molecule has 2 aromatic heterocycles. The van der Waals surface area contributed by atoms with E-state index >= 15 is 0 Å². The molecule has 0 radical (unpaired) electrons. The number of aliphatic hydroxyl groups excluding tert-OH is 1. The predicted molar refractivity (Wildman–Crippen MR) is 109 cm³/mol. The molecule has 0 aliphatic heterocycles. The standard InChI is InChI=1S/C19H21ClN2O2S2/c1-11-13(3)26-19-17(11)18(21-10-22-19)25-9-16(23)8-24-12(2)14-4-6-15(20)7-5-14/h4-7,10,12,16,23H,8-9H2,1-3H3. The number of halogens is 1. The summed E-state index contributed by atoms with van der Waals surface area (Å²) in [7, 11) is 0. The van der Waals surface area contributed by atoms with Gasteiger partial charge in [-0.25, -0.2) is 9.97 Å². The van der Waals surface area contributed by atoms with Gasteiger partial charge in [0.15, 0.2) is 0 Å². The highest BCUT2D eigenvalue weighted by Gasteiger charge is 2.15. The van der Waals surface area contributed by atoms with Crippen LogP contribution in [-0.2, 0) is 4.74 Å². The van der Waals surface area contributed by atoms with Crippen LogP contribution in [0, 0.1) is 13.8 Å². The summed E-state index contributed by atoms with van der Waals surface area (Å²) in [5, 5.41) is 13.0. The van der Waals surface area contributed by atoms with Crippen LogP contribution in [0.5, 0.6) is 0 Å². The Kier molecular flexibility index (Phi) is 6.53. The minimum Gasteiger partial charge on any atom is -0.390 e. The van der Waals surface area contributed by atoms with Crippen molar-refractivity contribution in [2.75, 3.05) is 12.4 Å². The van der Waals surface area contributed by atoms with Crippen molar-refractivity contribution in [1.29, 1.82) is 0 Å². The molecule has 0 aliphatic carbocycles. The summed E-state index contributed by atoms with van der Waals surface area (Å²) in [6, 6.07) is 7.56. The van der Waals surface area contributed by atoms with Gasteiger partial charge in [-0.1, -0.05) is 23.7 Å². The summed E-state index contributed by atoms with van der Waals surface area (Å²) >= 11 is 9.13. The highest BCUT2D eigenvalue weighted by molar-refractivity contribution is 7.99. The normalized spacial score (nSPS) is 13.9. The lowest BCUT2D eigenvalue weighted by molar-refractivity contribution is 0.00622. The van der Waals surface area contributed by atoms with E-state index in [0.29, 0.717) is 10.8 Å². The maximum atomic E-state index is 10.3. The van der Waals surface area contributed by atoms with E-state index in [1.807, 2.05) is 31.2 Å². The Morgan fingerprint density at radius 2 is 1.96 bits per heavy atom. The number of fused-ring (bicyclic) bond motifs is 1. The lowest BCUT2D eigenvalue weighted by Gasteiger charge is -2.16. The van der Waals surface area contributed by atoms with Crippen molar-refractivity contribution in [1.82, 2.24) is 9.97 Å². The fourth-order valence-corrected chi connectivity index (χ4v) is 4.72. The van der Waals surface area contributed by atoms with Gasteiger partial charge in [0.1, 0.15) is 16.2 Å². The topological polar surface area (TPSA) is 55.2 Å². The monoisotopic (exact) mass is 408 g/mol. The van der Waals surface area contributed by atoms with Gasteiger partial charge in [0.25, 0.3) is 0 Å². The first kappa shape index (κ1) is 19.6. The van der Waals surface area contributed by atoms with Crippen LogP contribution in [0.1, 0.15) is 29.0 Å². The van der Waals surface area contributed by atoms with E-state index in [-0.39, 0.29) is 12.7 Å². The van der Waals surface area contributed by atoms with E-state index < -0.39 is 6.10 Å². The summed E-state index contributed by atoms with van der Waals surface area (Å²) < 4.78 is 5.80. The predicted octanol–water partition coefficient (Wildman–Crippen LogP) is 5.19. The molecule has 0 fully saturated rings. The Hall–Kier alpha value is -1.18. The number of hydrogen-bond donors (Lipinski definition) is 1. The molecule has 0 saturated heterocycles. The number of thiophene rings is 1. The number of aromatic nitrogens is 2. The summed E-state index contributed by atoms with van der Waals surface area (Å²) in [6.07, 6.45) is 0.921. The molecule has 1 N–H and O–H groups in total. The SMILES string of the molecule is Cc1sc2ncnc(SCC(O)COC(C)c3ccc(Cl)cc3)c2c1C. The van der Waals surface area contributed by atoms with Gasteiger partial charge in [-0.2, -0.15) is 0 Å². The maximum Gasteiger partial charge on any atom is 0.128 e. The number of aliphatic hydroxyl groups is 1. The van der Waals surface area contributed by atoms with Crippen LogP contribution in [0.2, 0.25) is 5.02 Å². The van der Waals surface area contributed by atoms with E-state index in [0.717, 1.165) is 20.8 Å². The largest absolute Gasteiger partial charge is 0.390 e. The van der Waals surface area contributed by atoms with E-state index in [2.05, 4.69) is 23.8 Å². The van der Waals surface area contributed by atoms with Crippen LogP contribution in [0.15, 0.2) is 35.6 Å². The van der Waals surface area contributed by atoms with Gasteiger partial charge in [-0.15, -0.1) is 23.1 Å². The van der Waals surface area contributed by atoms with E-state index in [4.69, 9.17) is 16.3 Å². The lowest BCUT2D eigenvalue weighted by Crippen LogP contribution is -2.19. The highest BCUT2D eigenvalue weighted by Crippen LogP contribution is 2.34. The first-order chi connectivity index (χ1) is 12.5. The molecule has 0 spiro atoms. The Balaban J connectivity index is 1.56. The summed E-state index contributed by atoms with van der Waals surface area (Å²) in [4.78, 5) is 11.0. The highest BCUT2D eigenvalue weighted by atomic mass is 35.5. The van der Waals surface area contributed by atoms with Crippen LogP contribution in [0.4, 0.5) is 0 Å². The number of rotatable bonds is 7. The number of nitrogens with zero attached hydrogens (tertiary/aromatic N) is 2. The molecule has 0 amide bonds. The smallest absolute Gasteiger partial charge is 0.128 e. The molecule has 0 bridgehead atoms. The van der Waals surface area contributed by atoms with Crippen LogP contribution in [0.25, 0.3) is 10.2 Å². The second-order valence-corrected chi connectivity index (χ2v) is 8.78. The zero-order chi connectivity index (χ0) is 18.7. The molecular weight excluding hydrogens is 388 g/mol. The van der Waals surface area contributed by atoms with Crippen molar-refractivity contribution in [2.45, 2.75) is 38.0 Å². The third-order valence-corrected chi connectivity index (χ3v) is 6.72. The first-order valence-corrected chi connectivity index (χ1v) is 10.5. The molecule has 0 saturated carbocycles. The van der Waals surface area contributed by atoms with E-state index in [9.17, 15) is 5.11 Å². The van der Waals surface area contributed by atoms with Crippen molar-refractivity contribution in [2.24, 2.45) is 0 Å². The van der Waals surface area contributed by atoms with Crippen LogP contribution in [0.3, 0.4) is 0 Å². The average molecular weight is 409 g/mol. The van der Waals surface area contributed by atoms with E-state index in [1.54, 1.807) is 29.4 Å². The zero-order valence-electron chi connectivity index (χ0n) is 14.9. The van der Waals surface area contributed by atoms with Gasteiger partial charge in [0, 0.05) is 21.0 Å². The number of hydrogen-bond acceptors (Lipinski definition) is 6. The number of benzene rings is 1. The quantitative estimate of drug-likeness (QED) is 0.430. The number of aryl methyl sites for hydroxylation is 2. The molecule has 3 aromatic rings. The first-order valence-electron chi connectivity index (χ1n) is 8.34. The van der Waals surface area contributed by atoms with Gasteiger partial charge >= 0.3 is 0 Å². The molecule has 7 heteroatoms. The molecule has 4 nitrogen and oxygen atoms in total. The van der Waals surface area contributed by atoms with Gasteiger partial charge < -0.3 is 9.84 Å². The summed E-state index contributed by atoms with van der Waals surface area (Å²) in [5.41, 5.74) is 2.26. The molecule has 2 unspecified atom stereocenters. The van der Waals surface area contributed by atoms with Crippen molar-refractivity contribution >= 4 is 44.9 Å². The Labute approximate surface area is 166 Å². The summed E-state index contributed by atoms with van der Waals surface area (Å²) in [5.74, 6) is 0.522. The molecule has 26 heavy (non-hydrogen) atoms. The van der Waals surface area contributed by atoms with Crippen LogP contribution >= 0.6 is 34.7 Å². The average Bonchev–Trinajstić information content (AvgIpc) is 2.93. The minimum absolute atomic E-state index is 0.0977. The molecule has 0 aliphatic rings. The zero-order valence-corrected chi connectivity index (χ0v) is 17.3. The summed E-state index contributed by atoms with van der Waals surface area (Å²) in [6.45, 7) is 6.42. The number of thioether (sulfide) groups is 1. The second kappa shape index (κ2) is 8.67. The molecule has 3 rings (SSSR count). The van der Waals surface area contributed by atoms with Crippen LogP contribution < -0.4 is 0 Å². The van der Waals surface area contributed by atoms with E-state index in [1.165, 1.54) is 10.4 Å². The van der Waals surface area contributed by atoms with Gasteiger partial charge in [0.05, 0.1) is 18.8 Å². The molecule has 1 aromatic carbocycles. The fourth-order valence-electron chi connectivity index (χ4n) is 2.57. The second-order valence-electron chi connectivity index (χ2n) is 6.13. The molecule has 138 valence electrons. The van der Waals surface area contributed by atoms with Crippen molar-refractivity contribution < 1.29 is 9.84 Å². The number of ether oxygens (including phenoxy) is 1. The minimum atomic E-state index is -0.570. The third-order valence-electron chi connectivity index (χ3n) is 4.22. The molecule has 2 atom stereocenters. The van der Waals surface area contributed by atoms with Crippen molar-refractivity contribution in [3.8, 4) is 0 Å². The van der Waals surface area contributed by atoms with Gasteiger partial charge in [0.2, 0.25) is 0 Å². The van der Waals surface area contributed by atoms with Crippen molar-refractivity contribution in [3.63, 3.8) is 0 Å². The Bertz CT molecular complexity index is 883. The fraction of sp³-hybridized carbons (Fsp3) is 0.368. The molecule has 2 heterocycles. The Morgan fingerprint density at radius 1 is 1.23 bits per heavy atom. The van der Waals surface area contributed by atoms with Crippen molar-refractivity contribution in [3.05, 3.63) is 51.6 Å². The Morgan fingerprint density at radius 3 is 2.69 bits per heavy atom.